The van der Waals surface area contributed by atoms with Gasteiger partial charge >= 0.3 is 0 Å². The van der Waals surface area contributed by atoms with Gasteiger partial charge in [-0.1, -0.05) is 192 Å². The number of hydrogen-bond donors (Lipinski definition) is 1. The minimum Gasteiger partial charge on any atom is -0.508 e. The molecule has 0 spiro atoms. The van der Waals surface area contributed by atoms with E-state index in [4.69, 9.17) is 4.74 Å². The van der Waals surface area contributed by atoms with E-state index < -0.39 is 0 Å². The molecule has 258 valence electrons. The van der Waals surface area contributed by atoms with Crippen LogP contribution in [0.1, 0.15) is 192 Å². The Morgan fingerprint density at radius 1 is 0.422 bits per heavy atom. The van der Waals surface area contributed by atoms with Crippen LogP contribution in [0.15, 0.2) is 48.5 Å². The summed E-state index contributed by atoms with van der Waals surface area (Å²) in [5.74, 6) is 1.38. The molecule has 0 amide bonds. The molecule has 0 aromatic heterocycles. The van der Waals surface area contributed by atoms with Crippen molar-refractivity contribution >= 4 is 0 Å². The van der Waals surface area contributed by atoms with Crippen molar-refractivity contribution in [3.05, 3.63) is 59.7 Å². The summed E-state index contributed by atoms with van der Waals surface area (Å²) in [6.45, 7) is 4.57. The predicted molar refractivity (Wildman–Crippen MR) is 200 cm³/mol. The average molecular weight is 623 g/mol. The highest BCUT2D eigenvalue weighted by atomic mass is 16.5. The van der Waals surface area contributed by atoms with Crippen molar-refractivity contribution in [2.24, 2.45) is 0 Å². The number of phenolic OH excluding ortho intramolecular Hbond substituents is 1. The third-order valence-electron chi connectivity index (χ3n) is 9.18. The van der Waals surface area contributed by atoms with Gasteiger partial charge < -0.3 is 9.84 Å². The number of rotatable bonds is 29. The zero-order valence-electron chi connectivity index (χ0n) is 30.3. The average Bonchev–Trinajstić information content (AvgIpc) is 3.06. The number of methoxy groups -OCH3 is 1. The first kappa shape index (κ1) is 41.1. The molecule has 0 bridgehead atoms. The van der Waals surface area contributed by atoms with E-state index in [9.17, 15) is 5.11 Å². The predicted octanol–water partition coefficient (Wildman–Crippen LogP) is 14.4. The fraction of sp³-hybridized carbons (Fsp3) is 0.721. The van der Waals surface area contributed by atoms with E-state index in [2.05, 4.69) is 38.1 Å². The molecule has 45 heavy (non-hydrogen) atoms. The maximum atomic E-state index is 9.42. The quantitative estimate of drug-likeness (QED) is 0.0915. The van der Waals surface area contributed by atoms with Gasteiger partial charge in [-0.3, -0.25) is 0 Å². The first-order chi connectivity index (χ1) is 22.2. The molecule has 0 radical (unpaired) electrons. The number of aryl methyl sites for hydroxylation is 2. The standard InChI is InChI=1S/C22H38O.C21H36O/c1-3-4-5-6-7-8-9-10-11-12-13-14-15-17-21-18-16-19-22(20-21)23-2;1-2-3-4-5-6-7-8-9-10-11-12-13-14-16-20-17-15-18-21(22)19-20/h16,18-20H,3-15,17H2,1-2H3;15,17-19,22H,2-14,16H2,1H3. The second-order valence-electron chi connectivity index (χ2n) is 13.5. The van der Waals surface area contributed by atoms with Gasteiger partial charge in [-0.05, 0) is 61.1 Å². The van der Waals surface area contributed by atoms with Crippen LogP contribution in [-0.2, 0) is 12.8 Å². The first-order valence-corrected chi connectivity index (χ1v) is 19.6. The fourth-order valence-corrected chi connectivity index (χ4v) is 6.23. The fourth-order valence-electron chi connectivity index (χ4n) is 6.23. The van der Waals surface area contributed by atoms with Gasteiger partial charge in [-0.15, -0.1) is 0 Å². The Kier molecular flexibility index (Phi) is 29.2. The van der Waals surface area contributed by atoms with E-state index in [0.29, 0.717) is 5.75 Å². The molecule has 0 fully saturated rings. The van der Waals surface area contributed by atoms with Crippen molar-refractivity contribution in [3.63, 3.8) is 0 Å². The summed E-state index contributed by atoms with van der Waals surface area (Å²) in [6.07, 6.45) is 38.9. The Morgan fingerprint density at radius 2 is 0.756 bits per heavy atom. The molecule has 0 atom stereocenters. The smallest absolute Gasteiger partial charge is 0.119 e. The topological polar surface area (TPSA) is 29.5 Å². The zero-order valence-corrected chi connectivity index (χ0v) is 30.3. The highest BCUT2D eigenvalue weighted by Gasteiger charge is 1.99. The third-order valence-corrected chi connectivity index (χ3v) is 9.18. The van der Waals surface area contributed by atoms with E-state index >= 15 is 0 Å². The van der Waals surface area contributed by atoms with E-state index in [0.717, 1.165) is 12.2 Å². The summed E-state index contributed by atoms with van der Waals surface area (Å²) in [6, 6.07) is 16.2. The van der Waals surface area contributed by atoms with Crippen molar-refractivity contribution < 1.29 is 9.84 Å². The van der Waals surface area contributed by atoms with Gasteiger partial charge in [0.05, 0.1) is 7.11 Å². The van der Waals surface area contributed by atoms with Crippen LogP contribution in [0.3, 0.4) is 0 Å². The maximum absolute atomic E-state index is 9.42. The molecular formula is C43H74O2. The number of unbranched alkanes of at least 4 members (excludes halogenated alkanes) is 24. The zero-order chi connectivity index (χ0) is 32.5. The van der Waals surface area contributed by atoms with Gasteiger partial charge in [0.25, 0.3) is 0 Å². The molecule has 0 unspecified atom stereocenters. The van der Waals surface area contributed by atoms with Crippen LogP contribution in [0, 0.1) is 0 Å². The van der Waals surface area contributed by atoms with Crippen LogP contribution in [0.5, 0.6) is 11.5 Å². The van der Waals surface area contributed by atoms with Crippen molar-refractivity contribution in [3.8, 4) is 11.5 Å². The van der Waals surface area contributed by atoms with Crippen molar-refractivity contribution in [2.75, 3.05) is 7.11 Å². The highest BCUT2D eigenvalue weighted by Crippen LogP contribution is 2.18. The van der Waals surface area contributed by atoms with E-state index in [1.54, 1.807) is 13.2 Å². The summed E-state index contributed by atoms with van der Waals surface area (Å²) < 4.78 is 5.27. The van der Waals surface area contributed by atoms with E-state index in [1.165, 1.54) is 184 Å². The summed E-state index contributed by atoms with van der Waals surface area (Å²) in [4.78, 5) is 0. The summed E-state index contributed by atoms with van der Waals surface area (Å²) in [5, 5.41) is 9.42. The van der Waals surface area contributed by atoms with Gasteiger partial charge in [-0.2, -0.15) is 0 Å². The molecule has 0 aliphatic heterocycles. The van der Waals surface area contributed by atoms with Crippen LogP contribution in [-0.4, -0.2) is 12.2 Å². The lowest BCUT2D eigenvalue weighted by Gasteiger charge is -2.05. The monoisotopic (exact) mass is 623 g/mol. The van der Waals surface area contributed by atoms with Crippen LogP contribution in [0.25, 0.3) is 0 Å². The molecule has 1 N–H and O–H groups in total. The largest absolute Gasteiger partial charge is 0.508 e. The second kappa shape index (κ2) is 32.0. The summed E-state index contributed by atoms with van der Waals surface area (Å²) in [7, 11) is 1.74. The SMILES string of the molecule is CCCCCCCCCCCCCCCc1cccc(O)c1.CCCCCCCCCCCCCCCc1cccc(OC)c1. The molecule has 0 saturated heterocycles. The van der Waals surface area contributed by atoms with Crippen molar-refractivity contribution in [2.45, 2.75) is 194 Å². The van der Waals surface area contributed by atoms with Crippen LogP contribution < -0.4 is 4.74 Å². The van der Waals surface area contributed by atoms with E-state index in [-0.39, 0.29) is 0 Å². The number of benzene rings is 2. The van der Waals surface area contributed by atoms with Gasteiger partial charge in [0.1, 0.15) is 11.5 Å². The molecular weight excluding hydrogens is 548 g/mol. The Morgan fingerprint density at radius 3 is 1.11 bits per heavy atom. The number of ether oxygens (including phenoxy) is 1. The minimum absolute atomic E-state index is 0.396. The number of phenols is 1. The van der Waals surface area contributed by atoms with Gasteiger partial charge in [0.2, 0.25) is 0 Å². The number of hydrogen-bond acceptors (Lipinski definition) is 2. The van der Waals surface area contributed by atoms with Crippen LogP contribution >= 0.6 is 0 Å². The third kappa shape index (κ3) is 26.9. The minimum atomic E-state index is 0.396. The maximum Gasteiger partial charge on any atom is 0.119 e. The number of aromatic hydroxyl groups is 1. The summed E-state index contributed by atoms with van der Waals surface area (Å²) >= 11 is 0. The second-order valence-corrected chi connectivity index (χ2v) is 13.5. The molecule has 0 aliphatic rings. The van der Waals surface area contributed by atoms with Gasteiger partial charge in [0.15, 0.2) is 0 Å². The lowest BCUT2D eigenvalue weighted by Crippen LogP contribution is -1.89. The molecule has 0 heterocycles. The molecule has 2 heteroatoms. The Bertz CT molecular complexity index is 876. The Balaban J connectivity index is 0.000000450. The highest BCUT2D eigenvalue weighted by molar-refractivity contribution is 5.28. The molecule has 2 aromatic carbocycles. The van der Waals surface area contributed by atoms with Crippen molar-refractivity contribution in [1.82, 2.24) is 0 Å². The Hall–Kier alpha value is -1.96. The van der Waals surface area contributed by atoms with Gasteiger partial charge in [0, 0.05) is 0 Å². The lowest BCUT2D eigenvalue weighted by molar-refractivity contribution is 0.414. The van der Waals surface area contributed by atoms with Gasteiger partial charge in [-0.25, -0.2) is 0 Å². The van der Waals surface area contributed by atoms with Crippen LogP contribution in [0.4, 0.5) is 0 Å². The lowest BCUT2D eigenvalue weighted by atomic mass is 10.0. The molecule has 2 aromatic rings. The first-order valence-electron chi connectivity index (χ1n) is 19.6. The molecule has 2 nitrogen and oxygen atoms in total. The molecule has 2 rings (SSSR count). The summed E-state index contributed by atoms with van der Waals surface area (Å²) in [5.41, 5.74) is 2.68. The van der Waals surface area contributed by atoms with Crippen LogP contribution in [0.2, 0.25) is 0 Å². The molecule has 0 saturated carbocycles. The Labute approximate surface area is 281 Å². The van der Waals surface area contributed by atoms with E-state index in [1.807, 2.05) is 18.2 Å². The molecule has 0 aliphatic carbocycles. The van der Waals surface area contributed by atoms with Crippen molar-refractivity contribution in [1.29, 1.82) is 0 Å². The normalized spacial score (nSPS) is 10.9.